The van der Waals surface area contributed by atoms with Crippen molar-refractivity contribution in [1.29, 1.82) is 0 Å². The van der Waals surface area contributed by atoms with Gasteiger partial charge in [-0.15, -0.1) is 0 Å². The summed E-state index contributed by atoms with van der Waals surface area (Å²) in [5.74, 6) is 2.43. The normalized spacial score (nSPS) is 27.3. The first kappa shape index (κ1) is 22.5. The summed E-state index contributed by atoms with van der Waals surface area (Å²) in [6.45, 7) is 6.47. The molecule has 2 nitrogen and oxygen atoms in total. The van der Waals surface area contributed by atoms with E-state index in [1.165, 1.54) is 48.8 Å². The molecular weight excluding hydrogens is 398 g/mol. The van der Waals surface area contributed by atoms with E-state index in [0.717, 1.165) is 44.2 Å². The van der Waals surface area contributed by atoms with Crippen LogP contribution in [0, 0.1) is 30.6 Å². The van der Waals surface area contributed by atoms with Crippen LogP contribution in [0.4, 0.5) is 0 Å². The highest BCUT2D eigenvalue weighted by molar-refractivity contribution is 7.08. The Labute approximate surface area is 192 Å². The molecular formula is C28H37NOS. The number of thiophene rings is 1. The molecule has 4 rings (SSSR count). The molecule has 0 spiro atoms. The molecule has 31 heavy (non-hydrogen) atoms. The number of allylic oxidation sites excluding steroid dienone is 1. The maximum atomic E-state index is 13.4. The van der Waals surface area contributed by atoms with Crippen molar-refractivity contribution in [3.8, 4) is 0 Å². The number of rotatable bonds is 6. The van der Waals surface area contributed by atoms with E-state index in [1.54, 1.807) is 11.3 Å². The maximum absolute atomic E-state index is 13.4. The quantitative estimate of drug-likeness (QED) is 0.436. The van der Waals surface area contributed by atoms with Gasteiger partial charge in [0.25, 0.3) is 0 Å². The van der Waals surface area contributed by atoms with Crippen LogP contribution in [-0.4, -0.2) is 10.8 Å². The van der Waals surface area contributed by atoms with Gasteiger partial charge in [-0.25, -0.2) is 0 Å². The van der Waals surface area contributed by atoms with E-state index < -0.39 is 0 Å². The van der Waals surface area contributed by atoms with E-state index in [2.05, 4.69) is 47.4 Å². The van der Waals surface area contributed by atoms with Crippen LogP contribution < -0.4 is 0 Å². The molecule has 4 unspecified atom stereocenters. The zero-order valence-corrected chi connectivity index (χ0v) is 19.8. The van der Waals surface area contributed by atoms with Crippen LogP contribution in [0.15, 0.2) is 41.7 Å². The summed E-state index contributed by atoms with van der Waals surface area (Å²) in [6.07, 6.45) is 14.6. The van der Waals surface area contributed by atoms with Crippen molar-refractivity contribution in [3.05, 3.63) is 58.6 Å². The molecule has 0 amide bonds. The predicted octanol–water partition coefficient (Wildman–Crippen LogP) is 7.67. The summed E-state index contributed by atoms with van der Waals surface area (Å²) < 4.78 is 0. The van der Waals surface area contributed by atoms with Crippen molar-refractivity contribution in [2.24, 2.45) is 23.7 Å². The lowest BCUT2D eigenvalue weighted by Gasteiger charge is -2.21. The Morgan fingerprint density at radius 1 is 1.00 bits per heavy atom. The van der Waals surface area contributed by atoms with Crippen LogP contribution in [0.5, 0.6) is 0 Å². The molecule has 0 saturated heterocycles. The van der Waals surface area contributed by atoms with Crippen molar-refractivity contribution in [3.63, 3.8) is 0 Å². The minimum Gasteiger partial charge on any atom is -0.299 e. The van der Waals surface area contributed by atoms with Crippen molar-refractivity contribution < 1.29 is 4.79 Å². The fraction of sp³-hybridized carbons (Fsp3) is 0.571. The van der Waals surface area contributed by atoms with E-state index in [0.29, 0.717) is 23.5 Å². The number of aromatic nitrogens is 1. The standard InChI is InChI=1S/C28H37NOS/c1-20-17-23(13-15-29-20)18-22-5-3-7-25(10-9-22)28(30)26-8-4-6-24(11-12-26)21(2)27-14-16-31-19-27/h13-17,19,22,24-26H,2-12,18H2,1H3. The van der Waals surface area contributed by atoms with E-state index in [1.807, 2.05) is 6.20 Å². The topological polar surface area (TPSA) is 30.0 Å². The summed E-state index contributed by atoms with van der Waals surface area (Å²) in [5, 5.41) is 4.35. The van der Waals surface area contributed by atoms with Gasteiger partial charge >= 0.3 is 0 Å². The number of carbonyl (C=O) groups is 1. The lowest BCUT2D eigenvalue weighted by molar-refractivity contribution is -0.127. The van der Waals surface area contributed by atoms with E-state index in [4.69, 9.17) is 0 Å². The summed E-state index contributed by atoms with van der Waals surface area (Å²) in [5.41, 5.74) is 5.10. The maximum Gasteiger partial charge on any atom is 0.139 e. The van der Waals surface area contributed by atoms with Gasteiger partial charge in [0, 0.05) is 23.7 Å². The van der Waals surface area contributed by atoms with Crippen LogP contribution in [0.25, 0.3) is 5.57 Å². The Morgan fingerprint density at radius 2 is 1.71 bits per heavy atom. The van der Waals surface area contributed by atoms with Gasteiger partial charge in [0.2, 0.25) is 0 Å². The SMILES string of the molecule is C=C(c1ccsc1)C1CCCC(C(=O)C2CCCC(Cc3ccnc(C)c3)CC2)CC1. The number of hydrogen-bond donors (Lipinski definition) is 0. The lowest BCUT2D eigenvalue weighted by Crippen LogP contribution is -2.23. The molecule has 2 heterocycles. The third kappa shape index (κ3) is 5.94. The molecule has 2 aliphatic carbocycles. The smallest absolute Gasteiger partial charge is 0.139 e. The van der Waals surface area contributed by atoms with E-state index in [9.17, 15) is 4.79 Å². The third-order valence-corrected chi connectivity index (χ3v) is 8.42. The number of carbonyl (C=O) groups excluding carboxylic acids is 1. The fourth-order valence-corrected chi connectivity index (χ4v) is 6.56. The first-order valence-electron chi connectivity index (χ1n) is 12.3. The van der Waals surface area contributed by atoms with Crippen molar-refractivity contribution in [1.82, 2.24) is 4.98 Å². The van der Waals surface area contributed by atoms with Gasteiger partial charge < -0.3 is 0 Å². The van der Waals surface area contributed by atoms with Crippen LogP contribution >= 0.6 is 11.3 Å². The second-order valence-electron chi connectivity index (χ2n) is 9.92. The number of pyridine rings is 1. The average Bonchev–Trinajstić information content (AvgIpc) is 3.05. The zero-order chi connectivity index (χ0) is 21.6. The average molecular weight is 436 g/mol. The number of aryl methyl sites for hydroxylation is 1. The Morgan fingerprint density at radius 3 is 2.45 bits per heavy atom. The Hall–Kier alpha value is -1.74. The van der Waals surface area contributed by atoms with Gasteiger partial charge in [0.05, 0.1) is 0 Å². The van der Waals surface area contributed by atoms with Crippen LogP contribution in [0.1, 0.15) is 81.0 Å². The van der Waals surface area contributed by atoms with Gasteiger partial charge in [0.1, 0.15) is 5.78 Å². The highest BCUT2D eigenvalue weighted by atomic mass is 32.1. The second-order valence-corrected chi connectivity index (χ2v) is 10.7. The van der Waals surface area contributed by atoms with Gasteiger partial charge in [-0.1, -0.05) is 25.8 Å². The summed E-state index contributed by atoms with van der Waals surface area (Å²) in [7, 11) is 0. The fourth-order valence-electron chi connectivity index (χ4n) is 5.88. The number of ketones is 1. The largest absolute Gasteiger partial charge is 0.299 e. The van der Waals surface area contributed by atoms with Crippen LogP contribution in [0.2, 0.25) is 0 Å². The molecule has 166 valence electrons. The molecule has 0 bridgehead atoms. The molecule has 2 saturated carbocycles. The highest BCUT2D eigenvalue weighted by Gasteiger charge is 2.31. The molecule has 3 heteroatoms. The summed E-state index contributed by atoms with van der Waals surface area (Å²) in [6, 6.07) is 6.57. The Bertz CT molecular complexity index is 871. The molecule has 0 radical (unpaired) electrons. The molecule has 0 aliphatic heterocycles. The molecule has 4 atom stereocenters. The minimum absolute atomic E-state index is 0.282. The van der Waals surface area contributed by atoms with Crippen molar-refractivity contribution >= 4 is 22.7 Å². The number of nitrogens with zero attached hydrogens (tertiary/aromatic N) is 1. The van der Waals surface area contributed by atoms with Crippen molar-refractivity contribution in [2.45, 2.75) is 77.6 Å². The van der Waals surface area contributed by atoms with E-state index >= 15 is 0 Å². The lowest BCUT2D eigenvalue weighted by atomic mass is 9.82. The van der Waals surface area contributed by atoms with Crippen LogP contribution in [-0.2, 0) is 11.2 Å². The molecule has 2 aliphatic rings. The minimum atomic E-state index is 0.282. The molecule has 0 N–H and O–H groups in total. The number of Topliss-reactive ketones (excluding diaryl/α,β-unsaturated/α-hetero) is 1. The third-order valence-electron chi connectivity index (χ3n) is 7.73. The monoisotopic (exact) mass is 435 g/mol. The van der Waals surface area contributed by atoms with Gasteiger partial charge in [-0.2, -0.15) is 11.3 Å². The first-order valence-corrected chi connectivity index (χ1v) is 13.2. The predicted molar refractivity (Wildman–Crippen MR) is 131 cm³/mol. The number of hydrogen-bond acceptors (Lipinski definition) is 3. The van der Waals surface area contributed by atoms with Gasteiger partial charge in [0.15, 0.2) is 0 Å². The highest BCUT2D eigenvalue weighted by Crippen LogP contribution is 2.39. The first-order chi connectivity index (χ1) is 15.1. The molecule has 2 aromatic heterocycles. The molecule has 0 aromatic carbocycles. The molecule has 2 fully saturated rings. The Kier molecular flexibility index (Phi) is 7.76. The van der Waals surface area contributed by atoms with Gasteiger partial charge in [-0.05, 0) is 116 Å². The van der Waals surface area contributed by atoms with Crippen LogP contribution in [0.3, 0.4) is 0 Å². The second kappa shape index (κ2) is 10.7. The Balaban J connectivity index is 1.29. The summed E-state index contributed by atoms with van der Waals surface area (Å²) >= 11 is 1.75. The van der Waals surface area contributed by atoms with E-state index in [-0.39, 0.29) is 5.92 Å². The molecule has 2 aromatic rings. The summed E-state index contributed by atoms with van der Waals surface area (Å²) in [4.78, 5) is 17.8. The zero-order valence-electron chi connectivity index (χ0n) is 19.0. The van der Waals surface area contributed by atoms with Gasteiger partial charge in [-0.3, -0.25) is 9.78 Å². The van der Waals surface area contributed by atoms with Crippen molar-refractivity contribution in [2.75, 3.05) is 0 Å².